The maximum atomic E-state index is 5.86. The number of hydrogen-bond donors (Lipinski definition) is 3. The molecule has 0 unspecified atom stereocenters. The average Bonchev–Trinajstić information content (AvgIpc) is 2.88. The number of methoxy groups -OCH3 is 1. The second kappa shape index (κ2) is 8.02. The number of rotatable bonds is 7. The number of hydrogen-bond acceptors (Lipinski definition) is 8. The maximum Gasteiger partial charge on any atom is 0.222 e. The molecular formula is C15H24N8O. The van der Waals surface area contributed by atoms with Crippen molar-refractivity contribution in [2.75, 3.05) is 37.9 Å². The average molecular weight is 332 g/mol. The van der Waals surface area contributed by atoms with Gasteiger partial charge in [0.25, 0.3) is 0 Å². The first-order valence-corrected chi connectivity index (χ1v) is 8.23. The Hall–Kier alpha value is -2.26. The molecule has 9 nitrogen and oxygen atoms in total. The molecule has 0 spiro atoms. The summed E-state index contributed by atoms with van der Waals surface area (Å²) in [6.45, 7) is 3.92. The molecule has 1 aliphatic rings. The molecule has 3 rings (SSSR count). The van der Waals surface area contributed by atoms with Gasteiger partial charge in [0.15, 0.2) is 5.82 Å². The highest BCUT2D eigenvalue weighted by molar-refractivity contribution is 5.50. The van der Waals surface area contributed by atoms with E-state index in [0.717, 1.165) is 61.8 Å². The number of nitrogen functional groups attached to an aromatic ring is 1. The van der Waals surface area contributed by atoms with Crippen molar-refractivity contribution in [1.82, 2.24) is 30.0 Å². The number of fused-ring (bicyclic) bond motifs is 1. The van der Waals surface area contributed by atoms with E-state index in [2.05, 4.69) is 30.8 Å². The SMILES string of the molecule is COCCCn1cnnc1CNc1nc(N)nc2c1CCNCC2. The number of anilines is 2. The molecule has 2 aromatic heterocycles. The van der Waals surface area contributed by atoms with Crippen molar-refractivity contribution >= 4 is 11.8 Å². The summed E-state index contributed by atoms with van der Waals surface area (Å²) >= 11 is 0. The molecule has 0 amide bonds. The van der Waals surface area contributed by atoms with Gasteiger partial charge in [-0.15, -0.1) is 10.2 Å². The third-order valence-corrected chi connectivity index (χ3v) is 4.06. The minimum Gasteiger partial charge on any atom is -0.385 e. The van der Waals surface area contributed by atoms with Crippen LogP contribution in [0.15, 0.2) is 6.33 Å². The topological polar surface area (TPSA) is 116 Å². The molecule has 2 aromatic rings. The van der Waals surface area contributed by atoms with Gasteiger partial charge in [-0.05, 0) is 19.4 Å². The van der Waals surface area contributed by atoms with Crippen LogP contribution in [-0.2, 0) is 30.7 Å². The van der Waals surface area contributed by atoms with Gasteiger partial charge in [-0.25, -0.2) is 4.98 Å². The molecule has 4 N–H and O–H groups in total. The third-order valence-electron chi connectivity index (χ3n) is 4.06. The van der Waals surface area contributed by atoms with Crippen LogP contribution in [0.3, 0.4) is 0 Å². The van der Waals surface area contributed by atoms with Gasteiger partial charge >= 0.3 is 0 Å². The Balaban J connectivity index is 1.71. The molecule has 0 saturated carbocycles. The van der Waals surface area contributed by atoms with Crippen molar-refractivity contribution in [3.05, 3.63) is 23.4 Å². The zero-order valence-electron chi connectivity index (χ0n) is 14.0. The second-order valence-corrected chi connectivity index (χ2v) is 5.75. The van der Waals surface area contributed by atoms with E-state index in [-0.39, 0.29) is 0 Å². The van der Waals surface area contributed by atoms with E-state index in [1.807, 2.05) is 4.57 Å². The lowest BCUT2D eigenvalue weighted by atomic mass is 10.1. The largest absolute Gasteiger partial charge is 0.385 e. The number of aryl methyl sites for hydroxylation is 1. The van der Waals surface area contributed by atoms with Crippen LogP contribution in [0.2, 0.25) is 0 Å². The van der Waals surface area contributed by atoms with Crippen LogP contribution >= 0.6 is 0 Å². The molecule has 0 bridgehead atoms. The molecule has 0 radical (unpaired) electrons. The number of nitrogens with zero attached hydrogens (tertiary/aromatic N) is 5. The second-order valence-electron chi connectivity index (χ2n) is 5.75. The fourth-order valence-corrected chi connectivity index (χ4v) is 2.85. The van der Waals surface area contributed by atoms with Gasteiger partial charge in [-0.2, -0.15) is 4.98 Å². The van der Waals surface area contributed by atoms with Gasteiger partial charge in [0, 0.05) is 38.8 Å². The fraction of sp³-hybridized carbons (Fsp3) is 0.600. The highest BCUT2D eigenvalue weighted by atomic mass is 16.5. The number of aromatic nitrogens is 5. The molecule has 0 aliphatic carbocycles. The molecular weight excluding hydrogens is 308 g/mol. The molecule has 0 fully saturated rings. The molecule has 24 heavy (non-hydrogen) atoms. The summed E-state index contributed by atoms with van der Waals surface area (Å²) in [4.78, 5) is 8.77. The van der Waals surface area contributed by atoms with Gasteiger partial charge in [0.05, 0.1) is 12.2 Å². The van der Waals surface area contributed by atoms with Crippen molar-refractivity contribution in [1.29, 1.82) is 0 Å². The lowest BCUT2D eigenvalue weighted by molar-refractivity contribution is 0.190. The predicted octanol–water partition coefficient (Wildman–Crippen LogP) is -0.0129. The number of ether oxygens (including phenoxy) is 1. The normalized spacial score (nSPS) is 14.2. The summed E-state index contributed by atoms with van der Waals surface area (Å²) in [6.07, 6.45) is 4.41. The number of nitrogens with one attached hydrogen (secondary N) is 2. The standard InChI is InChI=1S/C15H24N8O/c1-24-8-2-7-23-10-19-22-13(23)9-18-14-11-3-5-17-6-4-12(11)20-15(16)21-14/h10,17H,2-9H2,1H3,(H3,16,18,20,21). The quantitative estimate of drug-likeness (QED) is 0.606. The molecule has 3 heterocycles. The minimum atomic E-state index is 0.305. The zero-order chi connectivity index (χ0) is 16.8. The summed E-state index contributed by atoms with van der Waals surface area (Å²) in [6, 6.07) is 0. The Morgan fingerprint density at radius 3 is 3.08 bits per heavy atom. The predicted molar refractivity (Wildman–Crippen MR) is 90.6 cm³/mol. The Morgan fingerprint density at radius 2 is 2.21 bits per heavy atom. The zero-order valence-corrected chi connectivity index (χ0v) is 14.0. The van der Waals surface area contributed by atoms with Crippen LogP contribution in [0, 0.1) is 0 Å². The molecule has 130 valence electrons. The Bertz CT molecular complexity index is 671. The monoisotopic (exact) mass is 332 g/mol. The Labute approximate surface area is 141 Å². The summed E-state index contributed by atoms with van der Waals surface area (Å²) < 4.78 is 7.11. The molecule has 0 atom stereocenters. The van der Waals surface area contributed by atoms with Gasteiger partial charge in [-0.3, -0.25) is 0 Å². The first-order chi connectivity index (χ1) is 11.8. The van der Waals surface area contributed by atoms with Crippen molar-refractivity contribution in [3.8, 4) is 0 Å². The highest BCUT2D eigenvalue weighted by Gasteiger charge is 2.16. The van der Waals surface area contributed by atoms with Crippen molar-refractivity contribution < 1.29 is 4.74 Å². The van der Waals surface area contributed by atoms with Crippen LogP contribution in [0.5, 0.6) is 0 Å². The summed E-state index contributed by atoms with van der Waals surface area (Å²) in [7, 11) is 1.70. The van der Waals surface area contributed by atoms with E-state index in [4.69, 9.17) is 10.5 Å². The van der Waals surface area contributed by atoms with Crippen molar-refractivity contribution in [2.45, 2.75) is 32.4 Å². The Kier molecular flexibility index (Phi) is 5.55. The van der Waals surface area contributed by atoms with Crippen LogP contribution in [-0.4, -0.2) is 51.5 Å². The van der Waals surface area contributed by atoms with Crippen LogP contribution < -0.4 is 16.4 Å². The lowest BCUT2D eigenvalue weighted by Gasteiger charge is -2.13. The molecule has 0 aromatic carbocycles. The summed E-state index contributed by atoms with van der Waals surface area (Å²) in [5.41, 5.74) is 8.03. The fourth-order valence-electron chi connectivity index (χ4n) is 2.85. The summed E-state index contributed by atoms with van der Waals surface area (Å²) in [5, 5.41) is 14.9. The minimum absolute atomic E-state index is 0.305. The van der Waals surface area contributed by atoms with E-state index in [1.165, 1.54) is 0 Å². The lowest BCUT2D eigenvalue weighted by Crippen LogP contribution is -2.16. The van der Waals surface area contributed by atoms with E-state index in [1.54, 1.807) is 13.4 Å². The molecule has 1 aliphatic heterocycles. The maximum absolute atomic E-state index is 5.86. The van der Waals surface area contributed by atoms with E-state index in [9.17, 15) is 0 Å². The van der Waals surface area contributed by atoms with Gasteiger partial charge in [0.2, 0.25) is 5.95 Å². The van der Waals surface area contributed by atoms with E-state index in [0.29, 0.717) is 19.1 Å². The molecule has 9 heteroatoms. The van der Waals surface area contributed by atoms with E-state index >= 15 is 0 Å². The van der Waals surface area contributed by atoms with Crippen molar-refractivity contribution in [3.63, 3.8) is 0 Å². The van der Waals surface area contributed by atoms with Crippen LogP contribution in [0.25, 0.3) is 0 Å². The van der Waals surface area contributed by atoms with Gasteiger partial charge in [0.1, 0.15) is 12.1 Å². The highest BCUT2D eigenvalue weighted by Crippen LogP contribution is 2.21. The van der Waals surface area contributed by atoms with Crippen molar-refractivity contribution in [2.24, 2.45) is 0 Å². The van der Waals surface area contributed by atoms with Gasteiger partial charge in [-0.1, -0.05) is 0 Å². The molecule has 0 saturated heterocycles. The first-order valence-electron chi connectivity index (χ1n) is 8.23. The van der Waals surface area contributed by atoms with E-state index < -0.39 is 0 Å². The van der Waals surface area contributed by atoms with Gasteiger partial charge < -0.3 is 25.7 Å². The first kappa shape index (κ1) is 16.6. The van der Waals surface area contributed by atoms with Crippen LogP contribution in [0.1, 0.15) is 23.5 Å². The number of nitrogens with two attached hydrogens (primary N) is 1. The third kappa shape index (κ3) is 3.98. The smallest absolute Gasteiger partial charge is 0.222 e. The summed E-state index contributed by atoms with van der Waals surface area (Å²) in [5.74, 6) is 1.97. The van der Waals surface area contributed by atoms with Crippen LogP contribution in [0.4, 0.5) is 11.8 Å². The Morgan fingerprint density at radius 1 is 1.33 bits per heavy atom.